The zero-order valence-corrected chi connectivity index (χ0v) is 14.5. The number of rotatable bonds is 5. The van der Waals surface area contributed by atoms with Gasteiger partial charge in [0.25, 0.3) is 12.1 Å². The molecule has 0 aliphatic carbocycles. The van der Waals surface area contributed by atoms with Crippen molar-refractivity contribution in [2.45, 2.75) is 82.0 Å². The first-order valence-electron chi connectivity index (χ1n) is 8.63. The average molecular weight is 397 g/mol. The lowest BCUT2D eigenvalue weighted by Gasteiger charge is -2.40. The highest BCUT2D eigenvalue weighted by molar-refractivity contribution is 4.99. The van der Waals surface area contributed by atoms with Crippen LogP contribution in [0.2, 0.25) is 0 Å². The molecule has 0 radical (unpaired) electrons. The van der Waals surface area contributed by atoms with Crippen molar-refractivity contribution in [1.82, 2.24) is 4.90 Å². The summed E-state index contributed by atoms with van der Waals surface area (Å²) in [6, 6.07) is -1.31. The smallest absolute Gasteiger partial charge is 0.362 e. The molecule has 4 unspecified atom stereocenters. The normalized spacial score (nSPS) is 29.8. The third-order valence-electron chi connectivity index (χ3n) is 5.43. The predicted molar refractivity (Wildman–Crippen MR) is 78.2 cm³/mol. The Bertz CT molecular complexity index is 475. The second kappa shape index (κ2) is 7.41. The molecule has 2 heterocycles. The third kappa shape index (κ3) is 4.26. The molecule has 2 aliphatic rings. The standard InChI is InChI=1S/C16H23F8NO/c1-9-5-7-25(8-6-9)10(2)14(18,19)11-3-4-12(26-11)15(20,21)13(17)16(22,23)24/h9-13H,3-8H2,1-2H3. The molecule has 0 saturated carbocycles. The molecule has 10 heteroatoms. The lowest BCUT2D eigenvalue weighted by molar-refractivity contribution is -0.278. The number of ether oxygens (including phenoxy) is 1. The van der Waals surface area contributed by atoms with Crippen LogP contribution in [0.25, 0.3) is 0 Å². The molecule has 2 fully saturated rings. The molecule has 2 saturated heterocycles. The summed E-state index contributed by atoms with van der Waals surface area (Å²) in [5.74, 6) is -8.04. The number of halogens is 8. The second-order valence-electron chi connectivity index (χ2n) is 7.34. The Morgan fingerprint density at radius 2 is 1.31 bits per heavy atom. The van der Waals surface area contributed by atoms with E-state index >= 15 is 0 Å². The molecule has 0 N–H and O–H groups in total. The summed E-state index contributed by atoms with van der Waals surface area (Å²) in [6.45, 7) is 4.09. The molecule has 0 spiro atoms. The van der Waals surface area contributed by atoms with Crippen LogP contribution in [0, 0.1) is 5.92 Å². The van der Waals surface area contributed by atoms with Crippen LogP contribution in [0.15, 0.2) is 0 Å². The van der Waals surface area contributed by atoms with Gasteiger partial charge in [-0.2, -0.15) is 13.2 Å². The summed E-state index contributed by atoms with van der Waals surface area (Å²) in [5.41, 5.74) is 0. The topological polar surface area (TPSA) is 12.5 Å². The average Bonchev–Trinajstić information content (AvgIpc) is 3.05. The summed E-state index contributed by atoms with van der Waals surface area (Å²) in [6.07, 6.45) is -14.6. The largest absolute Gasteiger partial charge is 0.425 e. The molecule has 0 amide bonds. The molecule has 2 rings (SSSR count). The van der Waals surface area contributed by atoms with Crippen LogP contribution < -0.4 is 0 Å². The molecular weight excluding hydrogens is 374 g/mol. The first-order valence-corrected chi connectivity index (χ1v) is 8.63. The van der Waals surface area contributed by atoms with Crippen LogP contribution in [0.5, 0.6) is 0 Å². The number of hydrogen-bond donors (Lipinski definition) is 0. The lowest BCUT2D eigenvalue weighted by atomic mass is 9.94. The fraction of sp³-hybridized carbons (Fsp3) is 1.00. The molecule has 0 bridgehead atoms. The van der Waals surface area contributed by atoms with Gasteiger partial charge in [0.15, 0.2) is 0 Å². The van der Waals surface area contributed by atoms with E-state index in [1.54, 1.807) is 0 Å². The summed E-state index contributed by atoms with van der Waals surface area (Å²) in [5, 5.41) is 0. The van der Waals surface area contributed by atoms with Gasteiger partial charge in [0.2, 0.25) is 0 Å². The Hall–Kier alpha value is -0.640. The summed E-state index contributed by atoms with van der Waals surface area (Å²) in [4.78, 5) is 1.53. The van der Waals surface area contributed by atoms with E-state index in [4.69, 9.17) is 0 Å². The van der Waals surface area contributed by atoms with Crippen molar-refractivity contribution in [3.8, 4) is 0 Å². The van der Waals surface area contributed by atoms with Crippen molar-refractivity contribution >= 4 is 0 Å². The maximum absolute atomic E-state index is 14.7. The van der Waals surface area contributed by atoms with Crippen LogP contribution in [-0.2, 0) is 4.74 Å². The highest BCUT2D eigenvalue weighted by atomic mass is 19.4. The van der Waals surface area contributed by atoms with Crippen LogP contribution >= 0.6 is 0 Å². The van der Waals surface area contributed by atoms with Gasteiger partial charge in [-0.3, -0.25) is 4.90 Å². The van der Waals surface area contributed by atoms with E-state index in [0.717, 1.165) is 12.8 Å². The summed E-state index contributed by atoms with van der Waals surface area (Å²) < 4.78 is 111. The molecular formula is C16H23F8NO. The highest BCUT2D eigenvalue weighted by Crippen LogP contribution is 2.45. The predicted octanol–water partition coefficient (Wildman–Crippen LogP) is 4.83. The zero-order chi connectivity index (χ0) is 19.9. The lowest BCUT2D eigenvalue weighted by Crippen LogP contribution is -2.55. The molecule has 0 aromatic carbocycles. The molecule has 2 aliphatic heterocycles. The first kappa shape index (κ1) is 21.7. The van der Waals surface area contributed by atoms with Crippen LogP contribution in [0.3, 0.4) is 0 Å². The van der Waals surface area contributed by atoms with Gasteiger partial charge in [-0.1, -0.05) is 6.92 Å². The number of hydrogen-bond acceptors (Lipinski definition) is 2. The third-order valence-corrected chi connectivity index (χ3v) is 5.43. The van der Waals surface area contributed by atoms with E-state index in [2.05, 4.69) is 4.74 Å². The van der Waals surface area contributed by atoms with E-state index in [1.165, 1.54) is 11.8 Å². The molecule has 0 aromatic rings. The quantitative estimate of drug-likeness (QED) is 0.617. The SMILES string of the molecule is CC1CCN(C(C)C(F)(F)C2CCC(C(F)(F)C(F)C(F)(F)F)O2)CC1. The number of piperidine rings is 1. The van der Waals surface area contributed by atoms with Crippen molar-refractivity contribution in [2.75, 3.05) is 13.1 Å². The van der Waals surface area contributed by atoms with Gasteiger partial charge in [0, 0.05) is 0 Å². The van der Waals surface area contributed by atoms with E-state index in [-0.39, 0.29) is 0 Å². The van der Waals surface area contributed by atoms with Crippen molar-refractivity contribution in [3.63, 3.8) is 0 Å². The Morgan fingerprint density at radius 1 is 0.846 bits per heavy atom. The van der Waals surface area contributed by atoms with Gasteiger partial charge in [-0.25, -0.2) is 22.0 Å². The molecule has 0 aromatic heterocycles. The summed E-state index contributed by atoms with van der Waals surface area (Å²) in [7, 11) is 0. The van der Waals surface area contributed by atoms with Crippen molar-refractivity contribution < 1.29 is 39.9 Å². The van der Waals surface area contributed by atoms with E-state index in [9.17, 15) is 35.1 Å². The van der Waals surface area contributed by atoms with Crippen LogP contribution in [0.4, 0.5) is 35.1 Å². The first-order chi connectivity index (χ1) is 11.8. The molecule has 154 valence electrons. The fourth-order valence-corrected chi connectivity index (χ4v) is 3.51. The minimum absolute atomic E-state index is 0.404. The van der Waals surface area contributed by atoms with E-state index < -0.39 is 55.3 Å². The van der Waals surface area contributed by atoms with Gasteiger partial charge in [0.05, 0.1) is 6.04 Å². The Kier molecular flexibility index (Phi) is 6.17. The van der Waals surface area contributed by atoms with Gasteiger partial charge in [-0.15, -0.1) is 0 Å². The molecule has 2 nitrogen and oxygen atoms in total. The maximum atomic E-state index is 14.7. The van der Waals surface area contributed by atoms with Crippen molar-refractivity contribution in [1.29, 1.82) is 0 Å². The second-order valence-corrected chi connectivity index (χ2v) is 7.34. The minimum atomic E-state index is -5.79. The number of alkyl halides is 8. The van der Waals surface area contributed by atoms with Crippen molar-refractivity contribution in [3.05, 3.63) is 0 Å². The number of nitrogens with zero attached hydrogens (tertiary/aromatic N) is 1. The van der Waals surface area contributed by atoms with Gasteiger partial charge >= 0.3 is 12.1 Å². The maximum Gasteiger partial charge on any atom is 0.425 e. The Morgan fingerprint density at radius 3 is 1.77 bits per heavy atom. The molecule has 26 heavy (non-hydrogen) atoms. The van der Waals surface area contributed by atoms with Crippen molar-refractivity contribution in [2.24, 2.45) is 5.92 Å². The monoisotopic (exact) mass is 397 g/mol. The zero-order valence-electron chi connectivity index (χ0n) is 14.5. The molecule has 4 atom stereocenters. The van der Waals surface area contributed by atoms with E-state index in [1.807, 2.05) is 6.92 Å². The summed E-state index contributed by atoms with van der Waals surface area (Å²) >= 11 is 0. The van der Waals surface area contributed by atoms with Gasteiger partial charge < -0.3 is 4.74 Å². The van der Waals surface area contributed by atoms with E-state index in [0.29, 0.717) is 19.0 Å². The Labute approximate surface area is 146 Å². The van der Waals surface area contributed by atoms with Crippen LogP contribution in [-0.4, -0.2) is 60.4 Å². The Balaban J connectivity index is 2.04. The number of likely N-dealkylation sites (tertiary alicyclic amines) is 1. The van der Waals surface area contributed by atoms with Crippen LogP contribution in [0.1, 0.15) is 39.5 Å². The van der Waals surface area contributed by atoms with Gasteiger partial charge in [-0.05, 0) is 51.6 Å². The highest BCUT2D eigenvalue weighted by Gasteiger charge is 2.64. The minimum Gasteiger partial charge on any atom is -0.362 e. The fourth-order valence-electron chi connectivity index (χ4n) is 3.51. The van der Waals surface area contributed by atoms with Gasteiger partial charge in [0.1, 0.15) is 12.2 Å².